The van der Waals surface area contributed by atoms with Gasteiger partial charge in [-0.3, -0.25) is 28.8 Å². The Labute approximate surface area is 896 Å². The van der Waals surface area contributed by atoms with Crippen LogP contribution in [0.1, 0.15) is 579 Å². The van der Waals surface area contributed by atoms with E-state index in [1.165, 1.54) is 101 Å². The maximum Gasteiger partial charge on any atom is 0.311 e. The van der Waals surface area contributed by atoms with Crippen LogP contribution >= 0.6 is 0 Å². The van der Waals surface area contributed by atoms with Crippen LogP contribution < -0.4 is 0 Å². The minimum atomic E-state index is -0.394. The van der Waals surface area contributed by atoms with E-state index in [1.54, 1.807) is 0 Å². The minimum absolute atomic E-state index is 0.00618. The third-order valence-electron chi connectivity index (χ3n) is 30.3. The van der Waals surface area contributed by atoms with Crippen molar-refractivity contribution >= 4 is 35.8 Å². The molecule has 0 saturated heterocycles. The van der Waals surface area contributed by atoms with Gasteiger partial charge in [0.1, 0.15) is 31.0 Å². The number of ether oxygens (including phenoxy) is 6. The van der Waals surface area contributed by atoms with Gasteiger partial charge in [-0.25, -0.2) is 0 Å². The Morgan fingerprint density at radius 3 is 0.834 bits per heavy atom. The highest BCUT2D eigenvalue weighted by molar-refractivity contribution is 5.78. The normalized spacial score (nSPS) is 15.2. The third-order valence-corrected chi connectivity index (χ3v) is 30.3. The SMILES string of the molecule is CCC(C)(C)C(=O)OC(C(C)(C)C)C(C)(C)C.CCC(C)(C)C(=O)OC(C(C)C)C(C)C.CCC(C)(C)C(=O)OC(C)C.CCC(C)(C)C(=O)OC1CCC(C(C)(C)C)CC1.CCC(C)(C)C(=O)OC1CCCC1.CCC(C)(C)C(=O)OCc1ccccc1.CCC(C)c1cc(C(C)C)cc(C(C)C)c1.CCC(C)c1ccc(C(C)(C)C)cc1.CCC(C)c1ccc(C(C)C)cc1.CCC(C)c1ccc(C(C)C)cc1. The standard InChI is InChI=1S/C16H30O2.C16H26.C15H30O2.C14H22.C13H18O2.C13H26O2.2C13H20.C11H20O2.C9H18O2/c1-7-16(5,6)14(17)18-13-10-8-12(9-11-13)15(2,3)4;1-7-13(6)16-9-14(11(2)3)8-15(10-16)12(4)5;1-10-15(8,9)12(16)17-11(13(2,3)4)14(5,6)7;1-6-11(2)12-7-9-13(10-8-12)14(3,4)5;1-4-13(2,3)12(14)15-10-11-8-6-5-7-9-11;1-8-13(6,7)12(14)15-11(9(2)3)10(4)5;2*1-5-11(4)13-8-6-12(7-9-13)10(2)3;1-4-11(2,3)10(12)13-9-7-5-6-8-9;1-6-9(4,5)8(10)11-7(2)3/h12-13H,7-11H2,1-6H3;8-13H,7H2,1-6H3;11H,10H2,1-9H3;7-11H,6H2,1-5H3;5-9H,4,10H2,1-3H3;9-11H,8H2,1-7H3;2*6-11H,5H2,1-4H3;9H,4-8H2,1-3H3;7H,6H2,1-5H3. The van der Waals surface area contributed by atoms with Crippen LogP contribution in [0.5, 0.6) is 0 Å². The molecule has 2 fully saturated rings. The summed E-state index contributed by atoms with van der Waals surface area (Å²) in [5, 5.41) is 0. The number of carbonyl (C=O) groups excluding carboxylic acids is 6. The second kappa shape index (κ2) is 67.3. The van der Waals surface area contributed by atoms with Crippen molar-refractivity contribution in [1.82, 2.24) is 0 Å². The molecule has 12 nitrogen and oxygen atoms in total. The molecule has 0 radical (unpaired) electrons. The molecule has 0 bridgehead atoms. The van der Waals surface area contributed by atoms with Crippen LogP contribution in [0.3, 0.4) is 0 Å². The lowest BCUT2D eigenvalue weighted by Crippen LogP contribution is -2.44. The molecule has 12 heteroatoms. The Morgan fingerprint density at radius 2 is 0.559 bits per heavy atom. The smallest absolute Gasteiger partial charge is 0.311 e. The fraction of sp³-hybridized carbons (Fsp3) is 0.729. The monoisotopic (exact) mass is 2020 g/mol. The van der Waals surface area contributed by atoms with E-state index in [1.807, 2.05) is 169 Å². The number of hydrogen-bond acceptors (Lipinski definition) is 12. The fourth-order valence-corrected chi connectivity index (χ4v) is 15.4. The maximum absolute atomic E-state index is 12.2. The Hall–Kier alpha value is -7.08. The molecule has 0 heterocycles. The molecule has 7 rings (SSSR count). The first-order valence-corrected chi connectivity index (χ1v) is 57.1. The van der Waals surface area contributed by atoms with Gasteiger partial charge in [0.05, 0.1) is 38.6 Å². The number of hydrogen-bond donors (Lipinski definition) is 0. The van der Waals surface area contributed by atoms with E-state index < -0.39 is 5.41 Å². The van der Waals surface area contributed by atoms with Crippen molar-refractivity contribution < 1.29 is 57.2 Å². The predicted molar refractivity (Wildman–Crippen MR) is 626 cm³/mol. The van der Waals surface area contributed by atoms with Crippen molar-refractivity contribution in [1.29, 1.82) is 0 Å². The summed E-state index contributed by atoms with van der Waals surface area (Å²) in [5.74, 6) is 6.37. The van der Waals surface area contributed by atoms with E-state index in [2.05, 4.69) is 313 Å². The highest BCUT2D eigenvalue weighted by Crippen LogP contribution is 2.42. The van der Waals surface area contributed by atoms with Crippen LogP contribution in [-0.4, -0.2) is 66.3 Å². The molecule has 0 aliphatic heterocycles. The average Bonchev–Trinajstić information content (AvgIpc) is 0.977. The molecule has 2 saturated carbocycles. The van der Waals surface area contributed by atoms with Gasteiger partial charge in [-0.1, -0.05) is 384 Å². The number of benzene rings is 5. The zero-order chi connectivity index (χ0) is 113. The zero-order valence-electron chi connectivity index (χ0n) is 104. The second-order valence-electron chi connectivity index (χ2n) is 52.4. The lowest BCUT2D eigenvalue weighted by Gasteiger charge is -2.41. The Bertz CT molecular complexity index is 4200. The van der Waals surface area contributed by atoms with Crippen LogP contribution in [0.25, 0.3) is 0 Å². The van der Waals surface area contributed by atoms with Gasteiger partial charge in [-0.05, 0) is 355 Å². The molecule has 2 aliphatic rings. The highest BCUT2D eigenvalue weighted by Gasteiger charge is 2.42. The Balaban J connectivity index is -0.00000155. The first-order valence-electron chi connectivity index (χ1n) is 57.1. The summed E-state index contributed by atoms with van der Waals surface area (Å²) in [6.07, 6.45) is 19.1. The van der Waals surface area contributed by atoms with Crippen LogP contribution in [0.15, 0.2) is 121 Å². The lowest BCUT2D eigenvalue weighted by atomic mass is 9.72. The first kappa shape index (κ1) is 142. The summed E-state index contributed by atoms with van der Waals surface area (Å²) >= 11 is 0. The van der Waals surface area contributed by atoms with E-state index in [4.69, 9.17) is 28.4 Å². The first-order chi connectivity index (χ1) is 66.4. The molecule has 5 aromatic carbocycles. The predicted octanol–water partition coefficient (Wildman–Crippen LogP) is 39.7. The summed E-state index contributed by atoms with van der Waals surface area (Å²) in [5.41, 5.74) is 12.7. The van der Waals surface area contributed by atoms with E-state index >= 15 is 0 Å². The Kier molecular flexibility index (Phi) is 65.9. The average molecular weight is 2020 g/mol. The molecule has 0 N–H and O–H groups in total. The molecule has 4 atom stereocenters. The molecule has 0 aromatic heterocycles. The van der Waals surface area contributed by atoms with Crippen molar-refractivity contribution in [3.05, 3.63) is 177 Å². The highest BCUT2D eigenvalue weighted by atomic mass is 16.6. The van der Waals surface area contributed by atoms with Crippen LogP contribution in [-0.2, 0) is 69.2 Å². The van der Waals surface area contributed by atoms with E-state index in [-0.39, 0.29) is 110 Å². The van der Waals surface area contributed by atoms with Gasteiger partial charge in [-0.15, -0.1) is 0 Å². The van der Waals surface area contributed by atoms with Gasteiger partial charge in [0.25, 0.3) is 0 Å². The summed E-state index contributed by atoms with van der Waals surface area (Å²) in [7, 11) is 0. The van der Waals surface area contributed by atoms with Gasteiger partial charge >= 0.3 is 35.8 Å². The van der Waals surface area contributed by atoms with E-state index in [9.17, 15) is 28.8 Å². The molecule has 834 valence electrons. The molecular weight excluding hydrogens is 1790 g/mol. The number of esters is 6. The Morgan fingerprint density at radius 1 is 0.290 bits per heavy atom. The van der Waals surface area contributed by atoms with Crippen molar-refractivity contribution in [2.45, 2.75) is 565 Å². The van der Waals surface area contributed by atoms with Crippen LogP contribution in [0.4, 0.5) is 0 Å². The topological polar surface area (TPSA) is 158 Å². The van der Waals surface area contributed by atoms with Crippen LogP contribution in [0.2, 0.25) is 0 Å². The van der Waals surface area contributed by atoms with E-state index in [0.717, 1.165) is 75.7 Å². The van der Waals surface area contributed by atoms with Crippen molar-refractivity contribution in [3.63, 3.8) is 0 Å². The van der Waals surface area contributed by atoms with Gasteiger partial charge in [-0.2, -0.15) is 0 Å². The molecule has 0 spiro atoms. The van der Waals surface area contributed by atoms with Crippen molar-refractivity contribution in [2.75, 3.05) is 0 Å². The molecule has 4 unspecified atom stereocenters. The summed E-state index contributed by atoms with van der Waals surface area (Å²) < 4.78 is 32.8. The van der Waals surface area contributed by atoms with Gasteiger partial charge in [0.2, 0.25) is 0 Å². The lowest BCUT2D eigenvalue weighted by molar-refractivity contribution is -0.174. The number of rotatable bonds is 33. The van der Waals surface area contributed by atoms with Gasteiger partial charge in [0, 0.05) is 0 Å². The minimum Gasteiger partial charge on any atom is -0.463 e. The largest absolute Gasteiger partial charge is 0.463 e. The van der Waals surface area contributed by atoms with Gasteiger partial charge in [0.15, 0.2) is 0 Å². The molecule has 145 heavy (non-hydrogen) atoms. The summed E-state index contributed by atoms with van der Waals surface area (Å²) in [6.45, 7) is 110. The number of carbonyl (C=O) groups is 6. The molecule has 2 aliphatic carbocycles. The maximum atomic E-state index is 12.2. The summed E-state index contributed by atoms with van der Waals surface area (Å²) in [6, 6.07) is 44.1. The fourth-order valence-electron chi connectivity index (χ4n) is 15.4. The summed E-state index contributed by atoms with van der Waals surface area (Å²) in [4.78, 5) is 70.7. The molecule has 0 amide bonds. The zero-order valence-corrected chi connectivity index (χ0v) is 104. The van der Waals surface area contributed by atoms with Gasteiger partial charge < -0.3 is 28.4 Å². The van der Waals surface area contributed by atoms with Crippen molar-refractivity contribution in [2.24, 2.45) is 66.5 Å². The third kappa shape index (κ3) is 56.0. The van der Waals surface area contributed by atoms with Crippen molar-refractivity contribution in [3.8, 4) is 0 Å². The second-order valence-corrected chi connectivity index (χ2v) is 52.4. The molecule has 5 aromatic rings. The van der Waals surface area contributed by atoms with E-state index in [0.29, 0.717) is 71.2 Å². The quantitative estimate of drug-likeness (QED) is 0.0290. The van der Waals surface area contributed by atoms with Crippen LogP contribution in [0, 0.1) is 66.5 Å². The molecular formula is C133H230O12.